The average Bonchev–Trinajstić information content (AvgIpc) is 2.46. The van der Waals surface area contributed by atoms with Crippen LogP contribution >= 0.6 is 0 Å². The fourth-order valence-electron chi connectivity index (χ4n) is 2.79. The van der Waals surface area contributed by atoms with Gasteiger partial charge in [0.05, 0.1) is 10.5 Å². The van der Waals surface area contributed by atoms with Crippen LogP contribution in [0.2, 0.25) is 0 Å². The molecule has 1 aromatic rings. The zero-order valence-corrected chi connectivity index (χ0v) is 13.2. The van der Waals surface area contributed by atoms with Crippen molar-refractivity contribution in [2.75, 3.05) is 12.3 Å². The Morgan fingerprint density at radius 2 is 2.05 bits per heavy atom. The molecule has 0 heterocycles. The average molecular weight is 312 g/mol. The van der Waals surface area contributed by atoms with E-state index in [1.54, 1.807) is 12.1 Å². The van der Waals surface area contributed by atoms with E-state index in [0.717, 1.165) is 19.3 Å². The minimum Gasteiger partial charge on any atom is -0.399 e. The van der Waals surface area contributed by atoms with Crippen LogP contribution in [0, 0.1) is 5.92 Å². The highest BCUT2D eigenvalue weighted by Crippen LogP contribution is 2.33. The third kappa shape index (κ3) is 4.18. The monoisotopic (exact) mass is 312 g/mol. The Bertz CT molecular complexity index is 578. The Hall–Kier alpha value is -1.11. The van der Waals surface area contributed by atoms with Gasteiger partial charge in [-0.05, 0) is 49.8 Å². The molecule has 0 saturated heterocycles. The highest BCUT2D eigenvalue weighted by molar-refractivity contribution is 7.89. The lowest BCUT2D eigenvalue weighted by Crippen LogP contribution is -2.45. The van der Waals surface area contributed by atoms with Crippen molar-refractivity contribution in [3.05, 3.63) is 24.3 Å². The summed E-state index contributed by atoms with van der Waals surface area (Å²) in [6.07, 6.45) is 4.31. The Kier molecular flexibility index (Phi) is 4.91. The van der Waals surface area contributed by atoms with E-state index in [1.807, 2.05) is 0 Å². The van der Waals surface area contributed by atoms with Crippen molar-refractivity contribution < 1.29 is 13.5 Å². The number of rotatable bonds is 5. The minimum absolute atomic E-state index is 0.0561. The lowest BCUT2D eigenvalue weighted by molar-refractivity contribution is -0.00442. The molecule has 21 heavy (non-hydrogen) atoms. The highest BCUT2D eigenvalue weighted by atomic mass is 32.2. The van der Waals surface area contributed by atoms with E-state index < -0.39 is 15.6 Å². The number of anilines is 1. The maximum Gasteiger partial charge on any atom is 0.240 e. The van der Waals surface area contributed by atoms with Crippen LogP contribution in [-0.2, 0) is 10.0 Å². The topological polar surface area (TPSA) is 92.4 Å². The first-order chi connectivity index (χ1) is 9.85. The second-order valence-electron chi connectivity index (χ2n) is 5.97. The van der Waals surface area contributed by atoms with Crippen molar-refractivity contribution >= 4 is 15.7 Å². The molecular formula is C15H24N2O3S. The number of hydrogen-bond acceptors (Lipinski definition) is 4. The highest BCUT2D eigenvalue weighted by Gasteiger charge is 2.33. The van der Waals surface area contributed by atoms with Gasteiger partial charge in [0.2, 0.25) is 10.0 Å². The number of benzene rings is 1. The smallest absolute Gasteiger partial charge is 0.240 e. The van der Waals surface area contributed by atoms with E-state index in [0.29, 0.717) is 24.4 Å². The first-order valence-electron chi connectivity index (χ1n) is 7.42. The maximum absolute atomic E-state index is 12.2. The number of nitrogen functional groups attached to an aromatic ring is 1. The number of hydrogen-bond donors (Lipinski definition) is 3. The Balaban J connectivity index is 1.99. The van der Waals surface area contributed by atoms with Gasteiger partial charge in [0, 0.05) is 12.2 Å². The van der Waals surface area contributed by atoms with Crippen molar-refractivity contribution in [2.45, 2.75) is 49.5 Å². The number of sulfonamides is 1. The molecule has 0 atom stereocenters. The van der Waals surface area contributed by atoms with Crippen molar-refractivity contribution in [2.24, 2.45) is 5.92 Å². The van der Waals surface area contributed by atoms with Gasteiger partial charge in [0.1, 0.15) is 0 Å². The van der Waals surface area contributed by atoms with Crippen LogP contribution < -0.4 is 10.5 Å². The van der Waals surface area contributed by atoms with Gasteiger partial charge in [-0.2, -0.15) is 0 Å². The van der Waals surface area contributed by atoms with Crippen LogP contribution in [0.1, 0.15) is 39.0 Å². The Morgan fingerprint density at radius 1 is 1.38 bits per heavy atom. The summed E-state index contributed by atoms with van der Waals surface area (Å²) in [5.41, 5.74) is 5.08. The number of aliphatic hydroxyl groups is 1. The molecule has 5 nitrogen and oxygen atoms in total. The normalized spacial score (nSPS) is 26.7. The van der Waals surface area contributed by atoms with E-state index in [9.17, 15) is 13.5 Å². The SMILES string of the molecule is CCC1CCC(O)(CNS(=O)(=O)c2cccc(N)c2)CC1. The Labute approximate surface area is 126 Å². The number of nitrogens with two attached hydrogens (primary N) is 1. The van der Waals surface area contributed by atoms with Crippen LogP contribution in [-0.4, -0.2) is 25.7 Å². The fourth-order valence-corrected chi connectivity index (χ4v) is 3.97. The summed E-state index contributed by atoms with van der Waals surface area (Å²) in [4.78, 5) is 0.133. The summed E-state index contributed by atoms with van der Waals surface area (Å²) in [6, 6.07) is 6.15. The maximum atomic E-state index is 12.2. The summed E-state index contributed by atoms with van der Waals surface area (Å²) >= 11 is 0. The third-order valence-corrected chi connectivity index (χ3v) is 5.77. The second kappa shape index (κ2) is 6.34. The van der Waals surface area contributed by atoms with E-state index in [1.165, 1.54) is 12.1 Å². The molecule has 0 bridgehead atoms. The van der Waals surface area contributed by atoms with Gasteiger partial charge in [0.25, 0.3) is 0 Å². The molecule has 4 N–H and O–H groups in total. The second-order valence-corrected chi connectivity index (χ2v) is 7.74. The van der Waals surface area contributed by atoms with Gasteiger partial charge in [-0.25, -0.2) is 13.1 Å². The molecule has 1 aromatic carbocycles. The quantitative estimate of drug-likeness (QED) is 0.724. The largest absolute Gasteiger partial charge is 0.399 e. The van der Waals surface area contributed by atoms with Gasteiger partial charge in [-0.15, -0.1) is 0 Å². The molecule has 1 aliphatic rings. The van der Waals surface area contributed by atoms with Crippen LogP contribution in [0.25, 0.3) is 0 Å². The predicted molar refractivity (Wildman–Crippen MR) is 83.2 cm³/mol. The number of nitrogens with one attached hydrogen (secondary N) is 1. The molecule has 0 amide bonds. The van der Waals surface area contributed by atoms with Crippen LogP contribution in [0.3, 0.4) is 0 Å². The third-order valence-electron chi connectivity index (χ3n) is 4.37. The minimum atomic E-state index is -3.63. The van der Waals surface area contributed by atoms with Crippen LogP contribution in [0.5, 0.6) is 0 Å². The summed E-state index contributed by atoms with van der Waals surface area (Å²) in [5, 5.41) is 10.5. The van der Waals surface area contributed by atoms with Crippen molar-refractivity contribution in [1.29, 1.82) is 0 Å². The molecule has 1 aliphatic carbocycles. The molecular weight excluding hydrogens is 288 g/mol. The van der Waals surface area contributed by atoms with Crippen molar-refractivity contribution in [3.63, 3.8) is 0 Å². The standard InChI is InChI=1S/C15H24N2O3S/c1-2-12-6-8-15(18,9-7-12)11-17-21(19,20)14-5-3-4-13(16)10-14/h3-5,10,12,17-18H,2,6-9,11,16H2,1H3. The van der Waals surface area contributed by atoms with E-state index in [4.69, 9.17) is 5.73 Å². The first-order valence-corrected chi connectivity index (χ1v) is 8.90. The molecule has 118 valence electrons. The van der Waals surface area contributed by atoms with Crippen molar-refractivity contribution in [3.8, 4) is 0 Å². The Morgan fingerprint density at radius 3 is 2.62 bits per heavy atom. The van der Waals surface area contributed by atoms with E-state index in [2.05, 4.69) is 11.6 Å². The van der Waals surface area contributed by atoms with Gasteiger partial charge < -0.3 is 10.8 Å². The fraction of sp³-hybridized carbons (Fsp3) is 0.600. The van der Waals surface area contributed by atoms with Gasteiger partial charge in [0.15, 0.2) is 0 Å². The lowest BCUT2D eigenvalue weighted by Gasteiger charge is -2.35. The molecule has 0 spiro atoms. The summed E-state index contributed by atoms with van der Waals surface area (Å²) in [5.74, 6) is 0.649. The molecule has 1 saturated carbocycles. The predicted octanol–water partition coefficient (Wildman–Crippen LogP) is 1.88. The molecule has 6 heteroatoms. The van der Waals surface area contributed by atoms with Crippen LogP contribution in [0.15, 0.2) is 29.2 Å². The lowest BCUT2D eigenvalue weighted by atomic mass is 9.78. The molecule has 0 aromatic heterocycles. The molecule has 2 rings (SSSR count). The van der Waals surface area contributed by atoms with Gasteiger partial charge >= 0.3 is 0 Å². The molecule has 0 radical (unpaired) electrons. The molecule has 0 unspecified atom stereocenters. The van der Waals surface area contributed by atoms with E-state index in [-0.39, 0.29) is 11.4 Å². The van der Waals surface area contributed by atoms with Crippen LogP contribution in [0.4, 0.5) is 5.69 Å². The zero-order valence-electron chi connectivity index (χ0n) is 12.4. The van der Waals surface area contributed by atoms with Crippen molar-refractivity contribution in [1.82, 2.24) is 4.72 Å². The van der Waals surface area contributed by atoms with E-state index >= 15 is 0 Å². The molecule has 1 fully saturated rings. The first kappa shape index (κ1) is 16.3. The summed E-state index contributed by atoms with van der Waals surface area (Å²) in [7, 11) is -3.63. The van der Waals surface area contributed by atoms with Gasteiger partial charge in [-0.1, -0.05) is 19.4 Å². The zero-order chi connectivity index (χ0) is 15.5. The summed E-state index contributed by atoms with van der Waals surface area (Å²) < 4.78 is 26.9. The van der Waals surface area contributed by atoms with Gasteiger partial charge in [-0.3, -0.25) is 0 Å². The molecule has 0 aliphatic heterocycles. The summed E-state index contributed by atoms with van der Waals surface area (Å²) in [6.45, 7) is 2.21.